The van der Waals surface area contributed by atoms with Crippen molar-refractivity contribution < 1.29 is 0 Å². The third-order valence-electron chi connectivity index (χ3n) is 7.37. The Morgan fingerprint density at radius 2 is 0.950 bits per heavy atom. The standard InChI is InChI=1S/C34H60N6/c1-3-5-16-37-18-10-20-39-22-14-33(35)27-29-24-30(26-32(25-29)31-12-8-7-9-13-31)28-34(36)15-23-40-21-11-19-38-17-6-4-2/h7-9,12-13,24-26,33-34,37-40H,3-6,10-11,14-23,27-28,35-36H2,1-2H3. The molecule has 0 aliphatic carbocycles. The molecule has 226 valence electrons. The second-order valence-electron chi connectivity index (χ2n) is 11.3. The number of nitrogens with one attached hydrogen (secondary N) is 4. The van der Waals surface area contributed by atoms with Crippen molar-refractivity contribution in [3.05, 3.63) is 59.7 Å². The Labute approximate surface area is 245 Å². The first-order valence-corrected chi connectivity index (χ1v) is 16.1. The summed E-state index contributed by atoms with van der Waals surface area (Å²) in [5.41, 5.74) is 18.3. The highest BCUT2D eigenvalue weighted by Gasteiger charge is 2.11. The van der Waals surface area contributed by atoms with Crippen LogP contribution in [0.1, 0.15) is 76.3 Å². The molecule has 2 aromatic rings. The van der Waals surface area contributed by atoms with Gasteiger partial charge in [-0.15, -0.1) is 0 Å². The highest BCUT2D eigenvalue weighted by Crippen LogP contribution is 2.24. The van der Waals surface area contributed by atoms with Crippen LogP contribution in [0.4, 0.5) is 0 Å². The number of nitrogens with two attached hydrogens (primary N) is 2. The first-order valence-electron chi connectivity index (χ1n) is 16.1. The third kappa shape index (κ3) is 16.5. The van der Waals surface area contributed by atoms with Gasteiger partial charge in [-0.2, -0.15) is 0 Å². The maximum atomic E-state index is 6.59. The van der Waals surface area contributed by atoms with Crippen LogP contribution in [0.2, 0.25) is 0 Å². The predicted molar refractivity (Wildman–Crippen MR) is 175 cm³/mol. The number of hydrogen-bond acceptors (Lipinski definition) is 6. The Morgan fingerprint density at radius 1 is 0.525 bits per heavy atom. The molecule has 2 unspecified atom stereocenters. The number of rotatable bonds is 25. The predicted octanol–water partition coefficient (Wildman–Crippen LogP) is 4.61. The molecule has 0 aromatic heterocycles. The molecule has 2 aromatic carbocycles. The summed E-state index contributed by atoms with van der Waals surface area (Å²) in [6.45, 7) is 12.9. The lowest BCUT2D eigenvalue weighted by Crippen LogP contribution is -2.30. The summed E-state index contributed by atoms with van der Waals surface area (Å²) in [5, 5.41) is 14.1. The van der Waals surface area contributed by atoms with E-state index in [1.807, 2.05) is 0 Å². The molecule has 0 saturated carbocycles. The summed E-state index contributed by atoms with van der Waals surface area (Å²) < 4.78 is 0. The smallest absolute Gasteiger partial charge is 0.00914 e. The van der Waals surface area contributed by atoms with Crippen molar-refractivity contribution in [1.82, 2.24) is 21.3 Å². The van der Waals surface area contributed by atoms with Gasteiger partial charge in [0.25, 0.3) is 0 Å². The maximum absolute atomic E-state index is 6.59. The second kappa shape index (κ2) is 22.8. The van der Waals surface area contributed by atoms with Crippen molar-refractivity contribution >= 4 is 0 Å². The molecule has 0 fully saturated rings. The van der Waals surface area contributed by atoms with E-state index >= 15 is 0 Å². The number of benzene rings is 2. The lowest BCUT2D eigenvalue weighted by atomic mass is 9.93. The van der Waals surface area contributed by atoms with Crippen LogP contribution in [0, 0.1) is 0 Å². The van der Waals surface area contributed by atoms with Crippen molar-refractivity contribution in [3.8, 4) is 11.1 Å². The molecule has 0 spiro atoms. The number of hydrogen-bond donors (Lipinski definition) is 6. The van der Waals surface area contributed by atoms with Gasteiger partial charge >= 0.3 is 0 Å². The van der Waals surface area contributed by atoms with Gasteiger partial charge in [0, 0.05) is 12.1 Å². The Hall–Kier alpha value is -1.80. The molecule has 0 bridgehead atoms. The molecule has 8 N–H and O–H groups in total. The average molecular weight is 553 g/mol. The molecule has 0 aliphatic rings. The summed E-state index contributed by atoms with van der Waals surface area (Å²) in [4.78, 5) is 0. The fourth-order valence-corrected chi connectivity index (χ4v) is 4.96. The summed E-state index contributed by atoms with van der Waals surface area (Å²) in [5.74, 6) is 0. The molecule has 2 rings (SSSR count). The molecule has 6 nitrogen and oxygen atoms in total. The largest absolute Gasteiger partial charge is 0.327 e. The van der Waals surface area contributed by atoms with E-state index in [1.165, 1.54) is 47.9 Å². The zero-order valence-corrected chi connectivity index (χ0v) is 25.7. The highest BCUT2D eigenvalue weighted by molar-refractivity contribution is 5.65. The minimum Gasteiger partial charge on any atom is -0.327 e. The molecular formula is C34H60N6. The van der Waals surface area contributed by atoms with E-state index in [-0.39, 0.29) is 12.1 Å². The molecule has 0 aliphatic heterocycles. The van der Waals surface area contributed by atoms with Gasteiger partial charge in [0.05, 0.1) is 0 Å². The fourth-order valence-electron chi connectivity index (χ4n) is 4.96. The van der Waals surface area contributed by atoms with Crippen molar-refractivity contribution in [2.45, 2.75) is 90.1 Å². The minimum atomic E-state index is 0.142. The van der Waals surface area contributed by atoms with E-state index in [0.29, 0.717) is 0 Å². The van der Waals surface area contributed by atoms with Gasteiger partial charge in [-0.1, -0.05) is 75.2 Å². The molecule has 0 radical (unpaired) electrons. The van der Waals surface area contributed by atoms with E-state index in [1.54, 1.807) is 0 Å². The average Bonchev–Trinajstić information content (AvgIpc) is 2.95. The van der Waals surface area contributed by atoms with Crippen LogP contribution in [0.3, 0.4) is 0 Å². The quantitative estimate of drug-likeness (QED) is 0.101. The number of unbranched alkanes of at least 4 members (excludes halogenated alkanes) is 2. The molecular weight excluding hydrogens is 492 g/mol. The third-order valence-corrected chi connectivity index (χ3v) is 7.37. The lowest BCUT2D eigenvalue weighted by Gasteiger charge is -2.17. The Morgan fingerprint density at radius 3 is 1.40 bits per heavy atom. The maximum Gasteiger partial charge on any atom is 0.00914 e. The lowest BCUT2D eigenvalue weighted by molar-refractivity contribution is 0.535. The van der Waals surface area contributed by atoms with Gasteiger partial charge < -0.3 is 32.7 Å². The van der Waals surface area contributed by atoms with E-state index in [2.05, 4.69) is 83.6 Å². The van der Waals surface area contributed by atoms with Gasteiger partial charge in [0.1, 0.15) is 0 Å². The normalized spacial score (nSPS) is 13.0. The zero-order valence-electron chi connectivity index (χ0n) is 25.7. The molecule has 6 heteroatoms. The van der Waals surface area contributed by atoms with Crippen LogP contribution in [-0.4, -0.2) is 64.4 Å². The van der Waals surface area contributed by atoms with E-state index in [0.717, 1.165) is 90.9 Å². The molecule has 40 heavy (non-hydrogen) atoms. The second-order valence-corrected chi connectivity index (χ2v) is 11.3. The fraction of sp³-hybridized carbons (Fsp3) is 0.647. The first-order chi connectivity index (χ1) is 19.6. The van der Waals surface area contributed by atoms with Gasteiger partial charge in [-0.05, 0) is 126 Å². The van der Waals surface area contributed by atoms with Crippen LogP contribution < -0.4 is 32.7 Å². The first kappa shape index (κ1) is 34.4. The van der Waals surface area contributed by atoms with Gasteiger partial charge in [-0.3, -0.25) is 0 Å². The zero-order chi connectivity index (χ0) is 28.7. The minimum absolute atomic E-state index is 0.142. The molecule has 0 heterocycles. The highest BCUT2D eigenvalue weighted by atomic mass is 14.9. The van der Waals surface area contributed by atoms with Crippen molar-refractivity contribution in [2.24, 2.45) is 11.5 Å². The summed E-state index contributed by atoms with van der Waals surface area (Å²) in [6, 6.07) is 17.9. The SMILES string of the molecule is CCCCNCCCNCCC(N)Cc1cc(CC(N)CCNCCCNCCCC)cc(-c2ccccc2)c1. The molecule has 2 atom stereocenters. The van der Waals surface area contributed by atoms with E-state index in [4.69, 9.17) is 11.5 Å². The topological polar surface area (TPSA) is 100 Å². The summed E-state index contributed by atoms with van der Waals surface area (Å²) >= 11 is 0. The van der Waals surface area contributed by atoms with Crippen LogP contribution in [0.5, 0.6) is 0 Å². The summed E-state index contributed by atoms with van der Waals surface area (Å²) in [6.07, 6.45) is 11.1. The Balaban J connectivity index is 1.79. The van der Waals surface area contributed by atoms with Crippen LogP contribution >= 0.6 is 0 Å². The van der Waals surface area contributed by atoms with Crippen LogP contribution in [0.15, 0.2) is 48.5 Å². The van der Waals surface area contributed by atoms with Gasteiger partial charge in [0.15, 0.2) is 0 Å². The molecule has 0 saturated heterocycles. The Kier molecular flexibility index (Phi) is 19.6. The van der Waals surface area contributed by atoms with Crippen molar-refractivity contribution in [3.63, 3.8) is 0 Å². The van der Waals surface area contributed by atoms with Crippen LogP contribution in [-0.2, 0) is 12.8 Å². The van der Waals surface area contributed by atoms with E-state index in [9.17, 15) is 0 Å². The van der Waals surface area contributed by atoms with E-state index < -0.39 is 0 Å². The van der Waals surface area contributed by atoms with Gasteiger partial charge in [-0.25, -0.2) is 0 Å². The van der Waals surface area contributed by atoms with Crippen LogP contribution in [0.25, 0.3) is 11.1 Å². The monoisotopic (exact) mass is 552 g/mol. The van der Waals surface area contributed by atoms with Crippen molar-refractivity contribution in [2.75, 3.05) is 52.4 Å². The Bertz CT molecular complexity index is 811. The van der Waals surface area contributed by atoms with Crippen molar-refractivity contribution in [1.29, 1.82) is 0 Å². The van der Waals surface area contributed by atoms with Gasteiger partial charge in [0.2, 0.25) is 0 Å². The molecule has 0 amide bonds. The summed E-state index contributed by atoms with van der Waals surface area (Å²) in [7, 11) is 0.